The topological polar surface area (TPSA) is 92.8 Å². The van der Waals surface area contributed by atoms with Crippen molar-refractivity contribution in [1.82, 2.24) is 10.3 Å². The van der Waals surface area contributed by atoms with Crippen molar-refractivity contribution in [2.75, 3.05) is 29.9 Å². The average Bonchev–Trinajstić information content (AvgIpc) is 3.28. The van der Waals surface area contributed by atoms with Crippen LogP contribution < -0.4 is 20.3 Å². The Kier molecular flexibility index (Phi) is 4.52. The second-order valence-corrected chi connectivity index (χ2v) is 7.83. The molecule has 9 heteroatoms. The highest BCUT2D eigenvalue weighted by Gasteiger charge is 2.34. The summed E-state index contributed by atoms with van der Waals surface area (Å²) < 4.78 is 10.8. The Morgan fingerprint density at radius 3 is 2.97 bits per heavy atom. The first-order valence-electron chi connectivity index (χ1n) is 9.48. The van der Waals surface area contributed by atoms with Gasteiger partial charge in [0, 0.05) is 17.6 Å². The van der Waals surface area contributed by atoms with Gasteiger partial charge in [0.25, 0.3) is 5.91 Å². The molecule has 2 aliphatic heterocycles. The lowest BCUT2D eigenvalue weighted by Crippen LogP contribution is -2.38. The van der Waals surface area contributed by atoms with Crippen LogP contribution >= 0.6 is 11.6 Å². The minimum Gasteiger partial charge on any atom is -0.480 e. The monoisotopic (exact) mass is 414 g/mol. The summed E-state index contributed by atoms with van der Waals surface area (Å²) in [6.45, 7) is 0.905. The molecule has 1 aromatic heterocycles. The number of anilines is 2. The average molecular weight is 415 g/mol. The molecule has 1 fully saturated rings. The summed E-state index contributed by atoms with van der Waals surface area (Å²) in [6.07, 6.45) is 1.11. The molecule has 2 unspecified atom stereocenters. The fourth-order valence-electron chi connectivity index (χ4n) is 3.95. The van der Waals surface area contributed by atoms with Crippen LogP contribution in [0.5, 0.6) is 5.75 Å². The van der Waals surface area contributed by atoms with Crippen LogP contribution in [-0.4, -0.2) is 48.8 Å². The molecule has 3 aliphatic rings. The van der Waals surface area contributed by atoms with Crippen LogP contribution in [0.4, 0.5) is 16.4 Å². The van der Waals surface area contributed by atoms with Gasteiger partial charge in [0.1, 0.15) is 11.9 Å². The standard InChI is InChI=1S/C20H19ClN4O4/c21-13-2-1-11-6-14(7-12(11)5-13)22-8-15-9-25(20(27)29-15)17-4-3-16-19(23-17)24-18(26)10-28-16/h1-5,14-15,22H,6-10H2,(H,23,24,26). The van der Waals surface area contributed by atoms with Gasteiger partial charge in [0.05, 0.1) is 6.54 Å². The Balaban J connectivity index is 1.20. The van der Waals surface area contributed by atoms with Crippen LogP contribution in [0.1, 0.15) is 11.1 Å². The van der Waals surface area contributed by atoms with E-state index in [1.54, 1.807) is 12.1 Å². The molecule has 2 amide bonds. The van der Waals surface area contributed by atoms with Crippen molar-refractivity contribution < 1.29 is 19.1 Å². The molecule has 2 atom stereocenters. The normalized spacial score (nSPS) is 22.6. The van der Waals surface area contributed by atoms with Crippen molar-refractivity contribution in [2.45, 2.75) is 25.0 Å². The number of ether oxygens (including phenoxy) is 2. The minimum absolute atomic E-state index is 0.0369. The van der Waals surface area contributed by atoms with Crippen molar-refractivity contribution >= 4 is 35.2 Å². The second kappa shape index (κ2) is 7.20. The Hall–Kier alpha value is -2.84. The molecule has 150 valence electrons. The first-order valence-corrected chi connectivity index (χ1v) is 9.85. The van der Waals surface area contributed by atoms with Gasteiger partial charge in [0.15, 0.2) is 18.2 Å². The third kappa shape index (κ3) is 3.61. The number of fused-ring (bicyclic) bond motifs is 2. The quantitative estimate of drug-likeness (QED) is 0.796. The van der Waals surface area contributed by atoms with Crippen molar-refractivity contribution in [3.8, 4) is 5.75 Å². The van der Waals surface area contributed by atoms with Crippen LogP contribution in [0.25, 0.3) is 0 Å². The van der Waals surface area contributed by atoms with E-state index in [1.807, 2.05) is 12.1 Å². The van der Waals surface area contributed by atoms with Crippen LogP contribution in [0.3, 0.4) is 0 Å². The van der Waals surface area contributed by atoms with E-state index < -0.39 is 6.09 Å². The molecule has 2 aromatic rings. The van der Waals surface area contributed by atoms with Gasteiger partial charge in [-0.2, -0.15) is 0 Å². The van der Waals surface area contributed by atoms with Crippen molar-refractivity contribution in [1.29, 1.82) is 0 Å². The fraction of sp³-hybridized carbons (Fsp3) is 0.350. The largest absolute Gasteiger partial charge is 0.480 e. The Labute approximate surface area is 172 Å². The number of benzene rings is 1. The minimum atomic E-state index is -0.450. The smallest absolute Gasteiger partial charge is 0.416 e. The van der Waals surface area contributed by atoms with Crippen LogP contribution in [-0.2, 0) is 22.4 Å². The number of hydrogen-bond donors (Lipinski definition) is 2. The van der Waals surface area contributed by atoms with Gasteiger partial charge >= 0.3 is 6.09 Å². The fourth-order valence-corrected chi connectivity index (χ4v) is 4.14. The molecule has 1 aliphatic carbocycles. The molecule has 5 rings (SSSR count). The number of aromatic nitrogens is 1. The lowest BCUT2D eigenvalue weighted by atomic mass is 10.1. The molecule has 1 aromatic carbocycles. The maximum atomic E-state index is 12.3. The number of rotatable bonds is 4. The zero-order chi connectivity index (χ0) is 20.0. The number of nitrogens with zero attached hydrogens (tertiary/aromatic N) is 2. The Morgan fingerprint density at radius 1 is 1.21 bits per heavy atom. The summed E-state index contributed by atoms with van der Waals surface area (Å²) in [7, 11) is 0. The highest BCUT2D eigenvalue weighted by Crippen LogP contribution is 2.30. The molecule has 29 heavy (non-hydrogen) atoms. The number of amides is 2. The number of cyclic esters (lactones) is 1. The molecule has 0 spiro atoms. The summed E-state index contributed by atoms with van der Waals surface area (Å²) in [6, 6.07) is 9.67. The van der Waals surface area contributed by atoms with E-state index in [0.717, 1.165) is 17.9 Å². The van der Waals surface area contributed by atoms with Gasteiger partial charge in [0.2, 0.25) is 0 Å². The highest BCUT2D eigenvalue weighted by atomic mass is 35.5. The number of halogens is 1. The maximum Gasteiger partial charge on any atom is 0.416 e. The van der Waals surface area contributed by atoms with Crippen LogP contribution in [0.2, 0.25) is 5.02 Å². The lowest BCUT2D eigenvalue weighted by molar-refractivity contribution is -0.118. The summed E-state index contributed by atoms with van der Waals surface area (Å²) in [5.41, 5.74) is 2.57. The number of hydrogen-bond acceptors (Lipinski definition) is 6. The van der Waals surface area contributed by atoms with Gasteiger partial charge in [-0.3, -0.25) is 9.69 Å². The van der Waals surface area contributed by atoms with E-state index in [2.05, 4.69) is 21.7 Å². The molecule has 0 saturated carbocycles. The summed E-state index contributed by atoms with van der Waals surface area (Å²) in [5.74, 6) is 0.951. The summed E-state index contributed by atoms with van der Waals surface area (Å²) in [4.78, 5) is 29.6. The predicted octanol–water partition coefficient (Wildman–Crippen LogP) is 2.15. The van der Waals surface area contributed by atoms with Crippen molar-refractivity contribution in [2.24, 2.45) is 0 Å². The van der Waals surface area contributed by atoms with Gasteiger partial charge < -0.3 is 20.1 Å². The third-order valence-electron chi connectivity index (χ3n) is 5.35. The van der Waals surface area contributed by atoms with Gasteiger partial charge in [-0.1, -0.05) is 17.7 Å². The van der Waals surface area contributed by atoms with Crippen molar-refractivity contribution in [3.05, 3.63) is 46.5 Å². The molecule has 3 heterocycles. The van der Waals surface area contributed by atoms with E-state index in [4.69, 9.17) is 21.1 Å². The SMILES string of the molecule is O=C1COc2ccc(N3CC(CNC4Cc5ccc(Cl)cc5C4)OC3=O)nc2N1. The molecular formula is C20H19ClN4O4. The third-order valence-corrected chi connectivity index (χ3v) is 5.58. The van der Waals surface area contributed by atoms with E-state index in [1.165, 1.54) is 16.0 Å². The summed E-state index contributed by atoms with van der Waals surface area (Å²) in [5, 5.41) is 6.90. The molecule has 0 radical (unpaired) electrons. The first kappa shape index (κ1) is 18.2. The molecular weight excluding hydrogens is 396 g/mol. The van der Waals surface area contributed by atoms with E-state index in [-0.39, 0.29) is 18.6 Å². The van der Waals surface area contributed by atoms with Gasteiger partial charge in [-0.25, -0.2) is 9.78 Å². The van der Waals surface area contributed by atoms with E-state index in [9.17, 15) is 9.59 Å². The Morgan fingerprint density at radius 2 is 2.07 bits per heavy atom. The molecule has 2 N–H and O–H groups in total. The number of carbonyl (C=O) groups is 2. The maximum absolute atomic E-state index is 12.3. The van der Waals surface area contributed by atoms with E-state index in [0.29, 0.717) is 36.5 Å². The second-order valence-electron chi connectivity index (χ2n) is 7.40. The molecule has 8 nitrogen and oxygen atoms in total. The van der Waals surface area contributed by atoms with Gasteiger partial charge in [-0.05, 0) is 48.2 Å². The summed E-state index contributed by atoms with van der Waals surface area (Å²) >= 11 is 6.07. The zero-order valence-corrected chi connectivity index (χ0v) is 16.2. The highest BCUT2D eigenvalue weighted by molar-refractivity contribution is 6.30. The van der Waals surface area contributed by atoms with Crippen LogP contribution in [0, 0.1) is 0 Å². The van der Waals surface area contributed by atoms with E-state index >= 15 is 0 Å². The van der Waals surface area contributed by atoms with Gasteiger partial charge in [-0.15, -0.1) is 0 Å². The lowest BCUT2D eigenvalue weighted by Gasteiger charge is -2.19. The number of nitrogens with one attached hydrogen (secondary N) is 2. The molecule has 0 bridgehead atoms. The number of carbonyl (C=O) groups excluding carboxylic acids is 2. The zero-order valence-electron chi connectivity index (χ0n) is 15.5. The first-order chi connectivity index (χ1) is 14.0. The number of pyridine rings is 1. The van der Waals surface area contributed by atoms with Crippen molar-refractivity contribution in [3.63, 3.8) is 0 Å². The predicted molar refractivity (Wildman–Crippen MR) is 107 cm³/mol. The molecule has 1 saturated heterocycles. The van der Waals surface area contributed by atoms with Crippen LogP contribution in [0.15, 0.2) is 30.3 Å². The Bertz CT molecular complexity index is 998.